The molecule has 2 N–H and O–H groups in total. The molecule has 1 aromatic heterocycles. The smallest absolute Gasteiger partial charge is 0.317 e. The number of urea groups is 1. The summed E-state index contributed by atoms with van der Waals surface area (Å²) in [5, 5.41) is 3.11. The molecule has 1 aliphatic heterocycles. The molecule has 2 aromatic rings. The number of aromatic amines is 1. The number of carbonyl (C=O) groups is 1. The van der Waals surface area contributed by atoms with E-state index in [0.717, 1.165) is 68.5 Å². The van der Waals surface area contributed by atoms with Crippen LogP contribution < -0.4 is 5.32 Å². The lowest BCUT2D eigenvalue weighted by Gasteiger charge is -2.28. The Morgan fingerprint density at radius 3 is 2.81 bits per heavy atom. The van der Waals surface area contributed by atoms with E-state index < -0.39 is 0 Å². The summed E-state index contributed by atoms with van der Waals surface area (Å²) in [5.41, 5.74) is 2.17. The second-order valence-corrected chi connectivity index (χ2v) is 8.06. The van der Waals surface area contributed by atoms with Gasteiger partial charge in [0.2, 0.25) is 0 Å². The van der Waals surface area contributed by atoms with E-state index in [1.807, 2.05) is 19.2 Å². The third kappa shape index (κ3) is 4.43. The molecule has 1 atom stereocenters. The van der Waals surface area contributed by atoms with Gasteiger partial charge in [0.1, 0.15) is 5.82 Å². The number of amides is 2. The van der Waals surface area contributed by atoms with Gasteiger partial charge in [-0.05, 0) is 56.6 Å². The van der Waals surface area contributed by atoms with Gasteiger partial charge in [-0.3, -0.25) is 0 Å². The molecular formula is C21H30N4O2. The molecule has 2 heterocycles. The van der Waals surface area contributed by atoms with Crippen LogP contribution in [0.25, 0.3) is 11.0 Å². The maximum atomic E-state index is 12.3. The molecule has 27 heavy (non-hydrogen) atoms. The molecule has 2 fully saturated rings. The quantitative estimate of drug-likeness (QED) is 0.844. The Morgan fingerprint density at radius 1 is 1.26 bits per heavy atom. The molecule has 6 heteroatoms. The predicted octanol–water partition coefficient (Wildman–Crippen LogP) is 3.66. The first-order valence-corrected chi connectivity index (χ1v) is 10.2. The minimum absolute atomic E-state index is 0.0184. The summed E-state index contributed by atoms with van der Waals surface area (Å²) in [6.07, 6.45) is 6.91. The van der Waals surface area contributed by atoms with Gasteiger partial charge in [-0.25, -0.2) is 9.78 Å². The summed E-state index contributed by atoms with van der Waals surface area (Å²) in [5.74, 6) is 2.19. The van der Waals surface area contributed by atoms with Crippen LogP contribution in [0.2, 0.25) is 0 Å². The second kappa shape index (κ2) is 8.30. The van der Waals surface area contributed by atoms with Gasteiger partial charge in [-0.15, -0.1) is 0 Å². The van der Waals surface area contributed by atoms with Crippen molar-refractivity contribution in [3.05, 3.63) is 30.1 Å². The van der Waals surface area contributed by atoms with E-state index in [1.165, 1.54) is 0 Å². The fraction of sp³-hybridized carbons (Fsp3) is 0.619. The molecule has 0 unspecified atom stereocenters. The number of nitrogens with zero attached hydrogens (tertiary/aromatic N) is 2. The monoisotopic (exact) mass is 370 g/mol. The van der Waals surface area contributed by atoms with Crippen LogP contribution in [-0.4, -0.2) is 53.7 Å². The zero-order valence-corrected chi connectivity index (χ0v) is 16.1. The van der Waals surface area contributed by atoms with Gasteiger partial charge in [0.05, 0.1) is 17.1 Å². The van der Waals surface area contributed by atoms with E-state index in [2.05, 4.69) is 22.4 Å². The number of para-hydroxylation sites is 2. The average Bonchev–Trinajstić information content (AvgIpc) is 3.35. The predicted molar refractivity (Wildman–Crippen MR) is 106 cm³/mol. The van der Waals surface area contributed by atoms with Crippen LogP contribution in [0, 0.1) is 5.92 Å². The number of fused-ring (bicyclic) bond motifs is 1. The van der Waals surface area contributed by atoms with Crippen molar-refractivity contribution in [3.63, 3.8) is 0 Å². The number of hydrogen-bond acceptors (Lipinski definition) is 3. The molecular weight excluding hydrogens is 340 g/mol. The van der Waals surface area contributed by atoms with Crippen LogP contribution >= 0.6 is 0 Å². The van der Waals surface area contributed by atoms with Gasteiger partial charge < -0.3 is 19.9 Å². The molecule has 2 aliphatic rings. The Labute approximate surface area is 160 Å². The third-order valence-corrected chi connectivity index (χ3v) is 6.03. The molecule has 1 saturated heterocycles. The van der Waals surface area contributed by atoms with Crippen molar-refractivity contribution in [1.82, 2.24) is 20.2 Å². The first-order valence-electron chi connectivity index (χ1n) is 10.2. The van der Waals surface area contributed by atoms with E-state index in [0.29, 0.717) is 18.4 Å². The topological polar surface area (TPSA) is 70.2 Å². The van der Waals surface area contributed by atoms with Crippen LogP contribution in [0.1, 0.15) is 50.3 Å². The van der Waals surface area contributed by atoms with Gasteiger partial charge in [-0.1, -0.05) is 12.1 Å². The Bertz CT molecular complexity index is 727. The summed E-state index contributed by atoms with van der Waals surface area (Å²) >= 11 is 0. The first-order chi connectivity index (χ1) is 13.2. The van der Waals surface area contributed by atoms with Gasteiger partial charge in [0.25, 0.3) is 0 Å². The van der Waals surface area contributed by atoms with E-state index in [4.69, 9.17) is 9.72 Å². The number of aromatic nitrogens is 2. The van der Waals surface area contributed by atoms with Crippen LogP contribution in [0.3, 0.4) is 0 Å². The first kappa shape index (κ1) is 18.3. The summed E-state index contributed by atoms with van der Waals surface area (Å²) in [4.78, 5) is 22.3. The molecule has 1 aromatic carbocycles. The second-order valence-electron chi connectivity index (χ2n) is 8.06. The summed E-state index contributed by atoms with van der Waals surface area (Å²) < 4.78 is 5.61. The van der Waals surface area contributed by atoms with Gasteiger partial charge in [0, 0.05) is 32.7 Å². The fourth-order valence-corrected chi connectivity index (χ4v) is 4.35. The van der Waals surface area contributed by atoms with Gasteiger partial charge in [-0.2, -0.15) is 0 Å². The lowest BCUT2D eigenvalue weighted by molar-refractivity contribution is 0.0872. The molecule has 6 nitrogen and oxygen atoms in total. The Hall–Kier alpha value is -2.08. The Balaban J connectivity index is 1.21. The molecule has 0 bridgehead atoms. The zero-order chi connectivity index (χ0) is 18.6. The van der Waals surface area contributed by atoms with Crippen molar-refractivity contribution in [3.8, 4) is 0 Å². The SMILES string of the molecule is CN(C[C@H]1CCCO1)C(=O)NCC1CCC(c2nc3ccccc3[nH]2)CC1. The lowest BCUT2D eigenvalue weighted by atomic mass is 9.81. The highest BCUT2D eigenvalue weighted by atomic mass is 16.5. The fourth-order valence-electron chi connectivity index (χ4n) is 4.35. The summed E-state index contributed by atoms with van der Waals surface area (Å²) in [6.45, 7) is 2.28. The van der Waals surface area contributed by atoms with Crippen LogP contribution in [-0.2, 0) is 4.74 Å². The number of imidazole rings is 1. The Morgan fingerprint density at radius 2 is 2.07 bits per heavy atom. The van der Waals surface area contributed by atoms with Crippen LogP contribution in [0.5, 0.6) is 0 Å². The van der Waals surface area contributed by atoms with Gasteiger partial charge >= 0.3 is 6.03 Å². The van der Waals surface area contributed by atoms with Crippen molar-refractivity contribution in [2.24, 2.45) is 5.92 Å². The molecule has 1 aliphatic carbocycles. The van der Waals surface area contributed by atoms with E-state index in [-0.39, 0.29) is 12.1 Å². The van der Waals surface area contributed by atoms with Crippen molar-refractivity contribution in [2.75, 3.05) is 26.7 Å². The molecule has 4 rings (SSSR count). The standard InChI is InChI=1S/C21H30N4O2/c1-25(14-17-5-4-12-27-17)21(26)22-13-15-8-10-16(11-9-15)20-23-18-6-2-3-7-19(18)24-20/h2-3,6-7,15-17H,4-5,8-14H2,1H3,(H,22,26)(H,23,24)/t15?,16?,17-/m1/s1. The molecule has 0 spiro atoms. The van der Waals surface area contributed by atoms with Crippen molar-refractivity contribution in [1.29, 1.82) is 0 Å². The lowest BCUT2D eigenvalue weighted by Crippen LogP contribution is -2.43. The molecule has 0 radical (unpaired) electrons. The number of benzene rings is 1. The van der Waals surface area contributed by atoms with Crippen molar-refractivity contribution < 1.29 is 9.53 Å². The highest BCUT2D eigenvalue weighted by Crippen LogP contribution is 2.35. The van der Waals surface area contributed by atoms with E-state index >= 15 is 0 Å². The third-order valence-electron chi connectivity index (χ3n) is 6.03. The average molecular weight is 370 g/mol. The van der Waals surface area contributed by atoms with Crippen LogP contribution in [0.15, 0.2) is 24.3 Å². The number of nitrogens with one attached hydrogen (secondary N) is 2. The number of rotatable bonds is 5. The number of likely N-dealkylation sites (N-methyl/N-ethyl adjacent to an activating group) is 1. The minimum atomic E-state index is 0.0184. The molecule has 146 valence electrons. The maximum absolute atomic E-state index is 12.3. The highest BCUT2D eigenvalue weighted by Gasteiger charge is 2.25. The maximum Gasteiger partial charge on any atom is 0.317 e. The van der Waals surface area contributed by atoms with E-state index in [1.54, 1.807) is 4.90 Å². The van der Waals surface area contributed by atoms with Crippen LogP contribution in [0.4, 0.5) is 4.79 Å². The largest absolute Gasteiger partial charge is 0.376 e. The number of ether oxygens (including phenoxy) is 1. The normalized spacial score (nSPS) is 25.6. The molecule has 2 amide bonds. The summed E-state index contributed by atoms with van der Waals surface area (Å²) in [7, 11) is 1.86. The zero-order valence-electron chi connectivity index (χ0n) is 16.1. The number of carbonyl (C=O) groups excluding carboxylic acids is 1. The number of H-pyrrole nitrogens is 1. The van der Waals surface area contributed by atoms with Crippen molar-refractivity contribution in [2.45, 2.75) is 50.5 Å². The molecule has 1 saturated carbocycles. The van der Waals surface area contributed by atoms with E-state index in [9.17, 15) is 4.79 Å². The highest BCUT2D eigenvalue weighted by molar-refractivity contribution is 5.75. The van der Waals surface area contributed by atoms with Gasteiger partial charge in [0.15, 0.2) is 0 Å². The number of hydrogen-bond donors (Lipinski definition) is 2. The Kier molecular flexibility index (Phi) is 5.62. The minimum Gasteiger partial charge on any atom is -0.376 e. The van der Waals surface area contributed by atoms with Crippen molar-refractivity contribution >= 4 is 17.1 Å². The summed E-state index contributed by atoms with van der Waals surface area (Å²) in [6, 6.07) is 8.23.